The molecule has 5 heteroatoms. The molecule has 1 aromatic carbocycles. The molecule has 0 fully saturated rings. The van der Waals surface area contributed by atoms with Gasteiger partial charge in [-0.3, -0.25) is 0 Å². The van der Waals surface area contributed by atoms with Crippen LogP contribution < -0.4 is 10.6 Å². The molecule has 0 amide bonds. The van der Waals surface area contributed by atoms with Gasteiger partial charge in [-0.15, -0.1) is 0 Å². The van der Waals surface area contributed by atoms with Gasteiger partial charge in [0.05, 0.1) is 30.7 Å². The first-order valence-corrected chi connectivity index (χ1v) is 5.98. The van der Waals surface area contributed by atoms with Crippen LogP contribution in [0.15, 0.2) is 18.2 Å². The Morgan fingerprint density at radius 3 is 2.72 bits per heavy atom. The number of carbonyl (C=O) groups is 1. The monoisotopic (exact) mass is 252 g/mol. The molecule has 0 bridgehead atoms. The molecule has 5 nitrogen and oxygen atoms in total. The molecule has 100 valence electrons. The number of carbonyl (C=O) groups excluding carboxylic acids is 1. The average Bonchev–Trinajstić information content (AvgIpc) is 2.37. The average molecular weight is 252 g/mol. The minimum atomic E-state index is -0.420. The van der Waals surface area contributed by atoms with Crippen molar-refractivity contribution in [2.24, 2.45) is 0 Å². The predicted molar refractivity (Wildman–Crippen MR) is 71.8 cm³/mol. The van der Waals surface area contributed by atoms with Gasteiger partial charge in [-0.25, -0.2) is 4.79 Å². The van der Waals surface area contributed by atoms with Crippen LogP contribution in [0.5, 0.6) is 0 Å². The Morgan fingerprint density at radius 2 is 2.17 bits per heavy atom. The molecule has 0 unspecified atom stereocenters. The summed E-state index contributed by atoms with van der Waals surface area (Å²) < 4.78 is 4.75. The van der Waals surface area contributed by atoms with Crippen molar-refractivity contribution >= 4 is 17.3 Å². The smallest absolute Gasteiger partial charge is 0.340 e. The van der Waals surface area contributed by atoms with Crippen molar-refractivity contribution < 1.29 is 14.6 Å². The van der Waals surface area contributed by atoms with Crippen LogP contribution in [-0.4, -0.2) is 37.9 Å². The summed E-state index contributed by atoms with van der Waals surface area (Å²) >= 11 is 0. The highest BCUT2D eigenvalue weighted by Crippen LogP contribution is 2.28. The summed E-state index contributed by atoms with van der Waals surface area (Å²) in [6.07, 6.45) is 0.898. The second-order valence-electron chi connectivity index (χ2n) is 3.95. The number of aliphatic hydroxyl groups excluding tert-OH is 1. The summed E-state index contributed by atoms with van der Waals surface area (Å²) in [6, 6.07) is 5.13. The molecule has 0 aliphatic heterocycles. The van der Waals surface area contributed by atoms with Gasteiger partial charge < -0.3 is 20.5 Å². The van der Waals surface area contributed by atoms with E-state index in [4.69, 9.17) is 15.6 Å². The number of nitrogen functional groups attached to an aromatic ring is 1. The zero-order valence-electron chi connectivity index (χ0n) is 10.8. The molecule has 1 aromatic rings. The predicted octanol–water partition coefficient (Wildman–Crippen LogP) is 1.26. The van der Waals surface area contributed by atoms with Gasteiger partial charge in [-0.05, 0) is 18.6 Å². The van der Waals surface area contributed by atoms with Gasteiger partial charge in [0.2, 0.25) is 0 Å². The van der Waals surface area contributed by atoms with Crippen LogP contribution in [0.4, 0.5) is 11.4 Å². The third-order valence-electron chi connectivity index (χ3n) is 2.65. The first kappa shape index (κ1) is 14.3. The maximum Gasteiger partial charge on any atom is 0.340 e. The van der Waals surface area contributed by atoms with Crippen molar-refractivity contribution in [2.75, 3.05) is 37.4 Å². The van der Waals surface area contributed by atoms with Crippen molar-refractivity contribution in [1.82, 2.24) is 0 Å². The number of nitrogens with two attached hydrogens (primary N) is 1. The Hall–Kier alpha value is -1.75. The van der Waals surface area contributed by atoms with Gasteiger partial charge in [0.25, 0.3) is 0 Å². The number of anilines is 2. The number of aliphatic hydroxyl groups is 1. The normalized spacial score (nSPS) is 10.2. The second kappa shape index (κ2) is 6.86. The van der Waals surface area contributed by atoms with E-state index in [-0.39, 0.29) is 6.61 Å². The summed E-state index contributed by atoms with van der Waals surface area (Å²) in [6.45, 7) is 3.20. The summed E-state index contributed by atoms with van der Waals surface area (Å²) in [7, 11) is 1.34. The van der Waals surface area contributed by atoms with E-state index in [2.05, 4.69) is 0 Å². The fourth-order valence-corrected chi connectivity index (χ4v) is 1.92. The first-order chi connectivity index (χ1) is 8.65. The Labute approximate surface area is 107 Å². The summed E-state index contributed by atoms with van der Waals surface area (Å²) in [5.41, 5.74) is 7.53. The van der Waals surface area contributed by atoms with Crippen LogP contribution in [0.3, 0.4) is 0 Å². The van der Waals surface area contributed by atoms with Crippen molar-refractivity contribution in [3.63, 3.8) is 0 Å². The van der Waals surface area contributed by atoms with Gasteiger partial charge in [-0.2, -0.15) is 0 Å². The van der Waals surface area contributed by atoms with Gasteiger partial charge in [0, 0.05) is 13.1 Å². The molecule has 0 spiro atoms. The molecule has 3 N–H and O–H groups in total. The highest BCUT2D eigenvalue weighted by atomic mass is 16.5. The van der Waals surface area contributed by atoms with Crippen LogP contribution in [-0.2, 0) is 4.74 Å². The number of nitrogens with zero attached hydrogens (tertiary/aromatic N) is 1. The van der Waals surface area contributed by atoms with Crippen molar-refractivity contribution in [1.29, 1.82) is 0 Å². The van der Waals surface area contributed by atoms with E-state index in [1.54, 1.807) is 18.2 Å². The van der Waals surface area contributed by atoms with Crippen LogP contribution in [0.2, 0.25) is 0 Å². The molecule has 0 aliphatic rings. The largest absolute Gasteiger partial charge is 0.465 e. The van der Waals surface area contributed by atoms with Crippen molar-refractivity contribution in [3.05, 3.63) is 23.8 Å². The maximum absolute atomic E-state index is 11.7. The fourth-order valence-electron chi connectivity index (χ4n) is 1.92. The Balaban J connectivity index is 3.21. The molecule has 18 heavy (non-hydrogen) atoms. The fraction of sp³-hybridized carbons (Fsp3) is 0.462. The van der Waals surface area contributed by atoms with Gasteiger partial charge in [0.1, 0.15) is 0 Å². The quantitative estimate of drug-likeness (QED) is 0.589. The minimum Gasteiger partial charge on any atom is -0.465 e. The molecular formula is C13H20N2O3. The minimum absolute atomic E-state index is 0.00888. The van der Waals surface area contributed by atoms with Crippen LogP contribution in [0.25, 0.3) is 0 Å². The Kier molecular flexibility index (Phi) is 5.45. The molecule has 0 heterocycles. The van der Waals surface area contributed by atoms with Gasteiger partial charge in [-0.1, -0.05) is 13.0 Å². The molecular weight excluding hydrogens is 232 g/mol. The standard InChI is InChI=1S/C13H20N2O3/c1-3-7-15(8-9-16)12-10(13(17)18-2)5-4-6-11(12)14/h4-6,16H,3,7-9,14H2,1-2H3. The van der Waals surface area contributed by atoms with E-state index in [1.807, 2.05) is 11.8 Å². The zero-order chi connectivity index (χ0) is 13.5. The lowest BCUT2D eigenvalue weighted by Gasteiger charge is -2.26. The van der Waals surface area contributed by atoms with Gasteiger partial charge in [0.15, 0.2) is 0 Å². The second-order valence-corrected chi connectivity index (χ2v) is 3.95. The van der Waals surface area contributed by atoms with E-state index in [9.17, 15) is 4.79 Å². The summed E-state index contributed by atoms with van der Waals surface area (Å²) in [4.78, 5) is 13.6. The topological polar surface area (TPSA) is 75.8 Å². The number of hydrogen-bond donors (Lipinski definition) is 2. The molecule has 1 rings (SSSR count). The van der Waals surface area contributed by atoms with Crippen LogP contribution >= 0.6 is 0 Å². The number of ether oxygens (including phenoxy) is 1. The van der Waals surface area contributed by atoms with E-state index in [1.165, 1.54) is 7.11 Å². The zero-order valence-corrected chi connectivity index (χ0v) is 10.8. The lowest BCUT2D eigenvalue weighted by Crippen LogP contribution is -2.30. The molecule has 0 radical (unpaired) electrons. The Morgan fingerprint density at radius 1 is 1.44 bits per heavy atom. The first-order valence-electron chi connectivity index (χ1n) is 5.98. The number of benzene rings is 1. The highest BCUT2D eigenvalue weighted by Gasteiger charge is 2.18. The van der Waals surface area contributed by atoms with E-state index >= 15 is 0 Å². The highest BCUT2D eigenvalue weighted by molar-refractivity contribution is 5.99. The van der Waals surface area contributed by atoms with E-state index in [0.717, 1.165) is 13.0 Å². The molecule has 0 aromatic heterocycles. The number of methoxy groups -OCH3 is 1. The van der Waals surface area contributed by atoms with Crippen LogP contribution in [0.1, 0.15) is 23.7 Å². The lowest BCUT2D eigenvalue weighted by molar-refractivity contribution is 0.0601. The number of hydrogen-bond acceptors (Lipinski definition) is 5. The molecule has 0 saturated heterocycles. The molecule has 0 atom stereocenters. The molecule has 0 saturated carbocycles. The molecule has 0 aliphatic carbocycles. The Bertz CT molecular complexity index is 401. The lowest BCUT2D eigenvalue weighted by atomic mass is 10.1. The third kappa shape index (κ3) is 3.13. The number of esters is 1. The summed E-state index contributed by atoms with van der Waals surface area (Å²) in [5.74, 6) is -0.420. The van der Waals surface area contributed by atoms with E-state index in [0.29, 0.717) is 23.5 Å². The maximum atomic E-state index is 11.7. The van der Waals surface area contributed by atoms with E-state index < -0.39 is 5.97 Å². The van der Waals surface area contributed by atoms with Crippen molar-refractivity contribution in [2.45, 2.75) is 13.3 Å². The van der Waals surface area contributed by atoms with Crippen molar-refractivity contribution in [3.8, 4) is 0 Å². The number of rotatable bonds is 6. The third-order valence-corrected chi connectivity index (χ3v) is 2.65. The van der Waals surface area contributed by atoms with Gasteiger partial charge >= 0.3 is 5.97 Å². The summed E-state index contributed by atoms with van der Waals surface area (Å²) in [5, 5.41) is 9.10. The number of para-hydroxylation sites is 1. The SMILES string of the molecule is CCCN(CCO)c1c(N)cccc1C(=O)OC. The van der Waals surface area contributed by atoms with Crippen LogP contribution in [0, 0.1) is 0 Å².